The highest BCUT2D eigenvalue weighted by atomic mass is 35.5. The summed E-state index contributed by atoms with van der Waals surface area (Å²) >= 11 is 5.96. The number of halogens is 1. The largest absolute Gasteiger partial charge is 0.492 e. The second-order valence-corrected chi connectivity index (χ2v) is 8.47. The van der Waals surface area contributed by atoms with Gasteiger partial charge in [-0.25, -0.2) is 8.42 Å². The number of aryl methyl sites for hydroxylation is 1. The van der Waals surface area contributed by atoms with Gasteiger partial charge in [-0.05, 0) is 49.7 Å². The van der Waals surface area contributed by atoms with Crippen molar-refractivity contribution in [1.29, 1.82) is 0 Å². The van der Waals surface area contributed by atoms with Crippen LogP contribution >= 0.6 is 11.6 Å². The van der Waals surface area contributed by atoms with Gasteiger partial charge in [0.15, 0.2) is 0 Å². The third kappa shape index (κ3) is 6.15. The van der Waals surface area contributed by atoms with E-state index in [-0.39, 0.29) is 13.2 Å². The number of sulfonamides is 1. The maximum Gasteiger partial charge on any atom is 0.243 e. The fourth-order valence-electron chi connectivity index (χ4n) is 2.62. The number of amides is 1. The first-order valence-electron chi connectivity index (χ1n) is 8.40. The second kappa shape index (κ2) is 9.10. The van der Waals surface area contributed by atoms with Crippen LogP contribution in [0.1, 0.15) is 12.5 Å². The third-order valence-electron chi connectivity index (χ3n) is 3.81. The summed E-state index contributed by atoms with van der Waals surface area (Å²) in [4.78, 5) is 12.4. The van der Waals surface area contributed by atoms with Gasteiger partial charge in [0, 0.05) is 5.02 Å². The van der Waals surface area contributed by atoms with Gasteiger partial charge in [0.1, 0.15) is 18.4 Å². The van der Waals surface area contributed by atoms with Crippen LogP contribution < -0.4 is 14.4 Å². The van der Waals surface area contributed by atoms with Crippen LogP contribution in [0.3, 0.4) is 0 Å². The Labute approximate surface area is 165 Å². The Balaban J connectivity index is 1.98. The molecule has 2 aromatic rings. The van der Waals surface area contributed by atoms with Gasteiger partial charge in [0.05, 0.1) is 18.5 Å². The van der Waals surface area contributed by atoms with Gasteiger partial charge in [-0.1, -0.05) is 29.8 Å². The summed E-state index contributed by atoms with van der Waals surface area (Å²) in [6.45, 7) is 4.02. The number of carbonyl (C=O) groups excluding carboxylic acids is 1. The monoisotopic (exact) mass is 410 g/mol. The summed E-state index contributed by atoms with van der Waals surface area (Å²) in [5.41, 5.74) is 1.42. The molecular weight excluding hydrogens is 388 g/mol. The Morgan fingerprint density at radius 2 is 1.93 bits per heavy atom. The Hall–Kier alpha value is -2.25. The van der Waals surface area contributed by atoms with Gasteiger partial charge in [0.25, 0.3) is 0 Å². The number of anilines is 1. The van der Waals surface area contributed by atoms with E-state index < -0.39 is 22.0 Å². The lowest BCUT2D eigenvalue weighted by Crippen LogP contribution is -2.48. The van der Waals surface area contributed by atoms with Crippen molar-refractivity contribution in [2.24, 2.45) is 0 Å². The van der Waals surface area contributed by atoms with Crippen LogP contribution in [-0.4, -0.2) is 39.8 Å². The lowest BCUT2D eigenvalue weighted by Gasteiger charge is -2.28. The smallest absolute Gasteiger partial charge is 0.243 e. The SMILES string of the molecule is Cc1cccc(OCCNC(=O)[C@H](C)N(c2cccc(Cl)c2)S(C)(=O)=O)c1. The molecule has 0 spiro atoms. The first-order chi connectivity index (χ1) is 12.7. The van der Waals surface area contributed by atoms with Crippen LogP contribution in [0.25, 0.3) is 0 Å². The van der Waals surface area contributed by atoms with E-state index in [2.05, 4.69) is 5.32 Å². The van der Waals surface area contributed by atoms with Gasteiger partial charge >= 0.3 is 0 Å². The molecule has 0 saturated heterocycles. The number of benzene rings is 2. The predicted molar refractivity (Wildman–Crippen MR) is 108 cm³/mol. The molecule has 27 heavy (non-hydrogen) atoms. The zero-order valence-corrected chi connectivity index (χ0v) is 17.0. The predicted octanol–water partition coefficient (Wildman–Crippen LogP) is 3.00. The molecule has 1 amide bonds. The van der Waals surface area contributed by atoms with Crippen molar-refractivity contribution in [2.45, 2.75) is 19.9 Å². The molecule has 8 heteroatoms. The zero-order chi connectivity index (χ0) is 20.0. The van der Waals surface area contributed by atoms with Crippen molar-refractivity contribution in [3.63, 3.8) is 0 Å². The van der Waals surface area contributed by atoms with Crippen LogP contribution in [0.5, 0.6) is 5.75 Å². The quantitative estimate of drug-likeness (QED) is 0.679. The van der Waals surface area contributed by atoms with Crippen molar-refractivity contribution >= 4 is 33.2 Å². The van der Waals surface area contributed by atoms with Crippen molar-refractivity contribution in [1.82, 2.24) is 5.32 Å². The normalized spacial score (nSPS) is 12.3. The van der Waals surface area contributed by atoms with E-state index in [9.17, 15) is 13.2 Å². The molecule has 1 atom stereocenters. The van der Waals surface area contributed by atoms with Crippen LogP contribution in [0.2, 0.25) is 5.02 Å². The fourth-order valence-corrected chi connectivity index (χ4v) is 3.97. The molecule has 2 aromatic carbocycles. The highest BCUT2D eigenvalue weighted by Gasteiger charge is 2.29. The maximum absolute atomic E-state index is 12.4. The highest BCUT2D eigenvalue weighted by Crippen LogP contribution is 2.24. The van der Waals surface area contributed by atoms with Crippen molar-refractivity contribution in [3.8, 4) is 5.75 Å². The van der Waals surface area contributed by atoms with Crippen LogP contribution in [0.15, 0.2) is 48.5 Å². The van der Waals surface area contributed by atoms with Crippen molar-refractivity contribution in [2.75, 3.05) is 23.7 Å². The standard InChI is InChI=1S/C19H23ClN2O4S/c1-14-6-4-9-18(12-14)26-11-10-21-19(23)15(2)22(27(3,24)25)17-8-5-7-16(20)13-17/h4-9,12-13,15H,10-11H2,1-3H3,(H,21,23)/t15-/m0/s1. The van der Waals surface area contributed by atoms with Gasteiger partial charge < -0.3 is 10.1 Å². The van der Waals surface area contributed by atoms with E-state index in [1.807, 2.05) is 31.2 Å². The van der Waals surface area contributed by atoms with E-state index in [0.29, 0.717) is 16.5 Å². The van der Waals surface area contributed by atoms with Crippen LogP contribution in [0, 0.1) is 6.92 Å². The van der Waals surface area contributed by atoms with E-state index >= 15 is 0 Å². The number of carbonyl (C=O) groups is 1. The molecule has 0 aromatic heterocycles. The van der Waals surface area contributed by atoms with Gasteiger partial charge in [-0.15, -0.1) is 0 Å². The Kier molecular flexibility index (Phi) is 7.10. The minimum Gasteiger partial charge on any atom is -0.492 e. The summed E-state index contributed by atoms with van der Waals surface area (Å²) < 4.78 is 31.1. The summed E-state index contributed by atoms with van der Waals surface area (Å²) in [5.74, 6) is 0.294. The molecule has 2 rings (SSSR count). The molecule has 0 bridgehead atoms. The average molecular weight is 411 g/mol. The number of hydrogen-bond acceptors (Lipinski definition) is 4. The van der Waals surface area contributed by atoms with E-state index in [1.54, 1.807) is 18.2 Å². The lowest BCUT2D eigenvalue weighted by molar-refractivity contribution is -0.121. The molecule has 6 nitrogen and oxygen atoms in total. The number of rotatable bonds is 8. The Bertz CT molecular complexity index is 902. The molecule has 0 heterocycles. The number of ether oxygens (including phenoxy) is 1. The van der Waals surface area contributed by atoms with Crippen molar-refractivity contribution in [3.05, 3.63) is 59.1 Å². The summed E-state index contributed by atoms with van der Waals surface area (Å²) in [6, 6.07) is 13.0. The molecule has 1 N–H and O–H groups in total. The topological polar surface area (TPSA) is 75.7 Å². The Morgan fingerprint density at radius 3 is 2.56 bits per heavy atom. The maximum atomic E-state index is 12.4. The minimum absolute atomic E-state index is 0.254. The second-order valence-electron chi connectivity index (χ2n) is 6.17. The molecule has 146 valence electrons. The number of nitrogens with one attached hydrogen (secondary N) is 1. The van der Waals surface area contributed by atoms with Crippen LogP contribution in [-0.2, 0) is 14.8 Å². The number of hydrogen-bond donors (Lipinski definition) is 1. The van der Waals surface area contributed by atoms with E-state index in [4.69, 9.17) is 16.3 Å². The molecule has 0 unspecified atom stereocenters. The molecule has 0 fully saturated rings. The average Bonchev–Trinajstić information content (AvgIpc) is 2.57. The van der Waals surface area contributed by atoms with Gasteiger partial charge in [0.2, 0.25) is 15.9 Å². The first kappa shape index (κ1) is 21.1. The van der Waals surface area contributed by atoms with E-state index in [0.717, 1.165) is 16.1 Å². The molecule has 0 aliphatic heterocycles. The first-order valence-corrected chi connectivity index (χ1v) is 10.6. The summed E-state index contributed by atoms with van der Waals surface area (Å²) in [5, 5.41) is 3.09. The molecular formula is C19H23ClN2O4S. The molecule has 0 radical (unpaired) electrons. The molecule has 0 saturated carbocycles. The van der Waals surface area contributed by atoms with E-state index in [1.165, 1.54) is 13.0 Å². The minimum atomic E-state index is -3.67. The number of nitrogens with zero attached hydrogens (tertiary/aromatic N) is 1. The van der Waals surface area contributed by atoms with Crippen molar-refractivity contribution < 1.29 is 17.9 Å². The van der Waals surface area contributed by atoms with Crippen LogP contribution in [0.4, 0.5) is 5.69 Å². The van der Waals surface area contributed by atoms with Gasteiger partial charge in [-0.2, -0.15) is 0 Å². The summed E-state index contributed by atoms with van der Waals surface area (Å²) in [6.07, 6.45) is 1.05. The van der Waals surface area contributed by atoms with Gasteiger partial charge in [-0.3, -0.25) is 9.10 Å². The third-order valence-corrected chi connectivity index (χ3v) is 5.29. The Morgan fingerprint density at radius 1 is 1.22 bits per heavy atom. The molecule has 0 aliphatic carbocycles. The lowest BCUT2D eigenvalue weighted by atomic mass is 10.2. The molecule has 0 aliphatic rings. The summed E-state index contributed by atoms with van der Waals surface area (Å²) in [7, 11) is -3.67. The fraction of sp³-hybridized carbons (Fsp3) is 0.316. The zero-order valence-electron chi connectivity index (χ0n) is 15.5. The highest BCUT2D eigenvalue weighted by molar-refractivity contribution is 7.92.